The molecule has 0 heterocycles. The van der Waals surface area contributed by atoms with Crippen LogP contribution in [0.15, 0.2) is 56.3 Å². The van der Waals surface area contributed by atoms with Crippen LogP contribution in [0.5, 0.6) is 0 Å². The molecule has 0 aliphatic heterocycles. The van der Waals surface area contributed by atoms with Gasteiger partial charge < -0.3 is 0 Å². The standard InChI is InChI=1S/C13H8Br2F3NO2S/c14-9-2-1-3-10(7-9)22(20,21)19-12-6-8(13(16,17)18)4-5-11(12)15/h1-7,19H. The number of alkyl halides is 3. The van der Waals surface area contributed by atoms with Gasteiger partial charge in [-0.3, -0.25) is 4.72 Å². The van der Waals surface area contributed by atoms with Crippen LogP contribution in [0.1, 0.15) is 5.56 Å². The van der Waals surface area contributed by atoms with Crippen LogP contribution in [-0.2, 0) is 16.2 Å². The lowest BCUT2D eigenvalue weighted by Crippen LogP contribution is -2.14. The molecule has 2 aromatic carbocycles. The SMILES string of the molecule is O=S(=O)(Nc1cc(C(F)(F)F)ccc1Br)c1cccc(Br)c1. The summed E-state index contributed by atoms with van der Waals surface area (Å²) in [6.45, 7) is 0. The molecular weight excluding hydrogens is 451 g/mol. The summed E-state index contributed by atoms with van der Waals surface area (Å²) in [6.07, 6.45) is -4.56. The Kier molecular flexibility index (Phi) is 4.88. The van der Waals surface area contributed by atoms with Crippen molar-refractivity contribution < 1.29 is 21.6 Å². The van der Waals surface area contributed by atoms with Gasteiger partial charge in [0.2, 0.25) is 0 Å². The number of nitrogens with one attached hydrogen (secondary N) is 1. The van der Waals surface area contributed by atoms with E-state index in [-0.39, 0.29) is 15.1 Å². The molecule has 0 saturated heterocycles. The first kappa shape index (κ1) is 17.3. The minimum absolute atomic E-state index is 0.0637. The van der Waals surface area contributed by atoms with E-state index in [1.807, 2.05) is 0 Å². The van der Waals surface area contributed by atoms with Crippen LogP contribution in [0.4, 0.5) is 18.9 Å². The summed E-state index contributed by atoms with van der Waals surface area (Å²) in [5, 5.41) is 0. The summed E-state index contributed by atoms with van der Waals surface area (Å²) in [4.78, 5) is -0.0637. The topological polar surface area (TPSA) is 46.2 Å². The first-order valence-corrected chi connectivity index (χ1v) is 8.82. The summed E-state index contributed by atoms with van der Waals surface area (Å²) >= 11 is 6.18. The van der Waals surface area contributed by atoms with Crippen LogP contribution in [0, 0.1) is 0 Å². The molecule has 1 N–H and O–H groups in total. The number of hydrogen-bond acceptors (Lipinski definition) is 2. The van der Waals surface area contributed by atoms with Gasteiger partial charge in [0, 0.05) is 8.95 Å². The normalized spacial score (nSPS) is 12.2. The van der Waals surface area contributed by atoms with Gasteiger partial charge in [0.05, 0.1) is 16.1 Å². The van der Waals surface area contributed by atoms with Crippen molar-refractivity contribution in [3.05, 3.63) is 57.0 Å². The van der Waals surface area contributed by atoms with E-state index in [1.165, 1.54) is 18.2 Å². The minimum atomic E-state index is -4.56. The number of benzene rings is 2. The maximum atomic E-state index is 12.7. The van der Waals surface area contributed by atoms with E-state index in [1.54, 1.807) is 6.07 Å². The van der Waals surface area contributed by atoms with Gasteiger partial charge in [0.15, 0.2) is 0 Å². The Morgan fingerprint density at radius 1 is 1.00 bits per heavy atom. The lowest BCUT2D eigenvalue weighted by Gasteiger charge is -2.13. The van der Waals surface area contributed by atoms with Gasteiger partial charge in [-0.25, -0.2) is 8.42 Å². The summed E-state index contributed by atoms with van der Waals surface area (Å²) in [5.41, 5.74) is -1.13. The third-order valence-electron chi connectivity index (χ3n) is 2.64. The highest BCUT2D eigenvalue weighted by Gasteiger charge is 2.31. The highest BCUT2D eigenvalue weighted by Crippen LogP contribution is 2.34. The second-order valence-electron chi connectivity index (χ2n) is 4.26. The Labute approximate surface area is 141 Å². The fourth-order valence-corrected chi connectivity index (χ4v) is 3.76. The van der Waals surface area contributed by atoms with Crippen molar-refractivity contribution >= 4 is 47.6 Å². The van der Waals surface area contributed by atoms with E-state index in [4.69, 9.17) is 0 Å². The minimum Gasteiger partial charge on any atom is -0.278 e. The average Bonchev–Trinajstić information content (AvgIpc) is 2.40. The third kappa shape index (κ3) is 4.02. The predicted molar refractivity (Wildman–Crippen MR) is 84.1 cm³/mol. The average molecular weight is 459 g/mol. The van der Waals surface area contributed by atoms with Crippen molar-refractivity contribution in [1.29, 1.82) is 0 Å². The van der Waals surface area contributed by atoms with E-state index in [0.717, 1.165) is 18.2 Å². The van der Waals surface area contributed by atoms with Crippen LogP contribution in [0.3, 0.4) is 0 Å². The van der Waals surface area contributed by atoms with Crippen LogP contribution in [0.2, 0.25) is 0 Å². The van der Waals surface area contributed by atoms with Gasteiger partial charge in [-0.05, 0) is 52.3 Å². The first-order chi connectivity index (χ1) is 10.1. The molecule has 0 aliphatic rings. The summed E-state index contributed by atoms with van der Waals surface area (Å²) < 4.78 is 65.5. The molecule has 0 unspecified atom stereocenters. The lowest BCUT2D eigenvalue weighted by molar-refractivity contribution is -0.137. The molecule has 0 bridgehead atoms. The molecule has 22 heavy (non-hydrogen) atoms. The number of hydrogen-bond donors (Lipinski definition) is 1. The monoisotopic (exact) mass is 457 g/mol. The Bertz CT molecular complexity index is 807. The van der Waals surface area contributed by atoms with E-state index >= 15 is 0 Å². The van der Waals surface area contributed by atoms with E-state index in [0.29, 0.717) is 4.47 Å². The smallest absolute Gasteiger partial charge is 0.278 e. The van der Waals surface area contributed by atoms with E-state index < -0.39 is 21.8 Å². The Hall–Kier alpha value is -1.06. The molecule has 0 saturated carbocycles. The maximum absolute atomic E-state index is 12.7. The highest BCUT2D eigenvalue weighted by molar-refractivity contribution is 9.10. The highest BCUT2D eigenvalue weighted by atomic mass is 79.9. The van der Waals surface area contributed by atoms with Crippen LogP contribution < -0.4 is 4.72 Å². The first-order valence-electron chi connectivity index (χ1n) is 5.75. The number of sulfonamides is 1. The van der Waals surface area contributed by atoms with Crippen molar-refractivity contribution in [2.45, 2.75) is 11.1 Å². The quantitative estimate of drug-likeness (QED) is 0.700. The fourth-order valence-electron chi connectivity index (χ4n) is 1.62. The zero-order valence-electron chi connectivity index (χ0n) is 10.7. The van der Waals surface area contributed by atoms with Gasteiger partial charge in [-0.15, -0.1) is 0 Å². The summed E-state index contributed by atoms with van der Waals surface area (Å²) in [6, 6.07) is 8.58. The molecule has 0 fully saturated rings. The molecule has 9 heteroatoms. The molecule has 0 radical (unpaired) electrons. The van der Waals surface area contributed by atoms with E-state index in [2.05, 4.69) is 36.6 Å². The van der Waals surface area contributed by atoms with Gasteiger partial charge >= 0.3 is 6.18 Å². The van der Waals surface area contributed by atoms with Crippen molar-refractivity contribution in [3.63, 3.8) is 0 Å². The molecule has 0 atom stereocenters. The Morgan fingerprint density at radius 3 is 2.27 bits per heavy atom. The summed E-state index contributed by atoms with van der Waals surface area (Å²) in [5.74, 6) is 0. The predicted octanol–water partition coefficient (Wildman–Crippen LogP) is 5.03. The number of halogens is 5. The molecule has 3 nitrogen and oxygen atoms in total. The fraction of sp³-hybridized carbons (Fsp3) is 0.0769. The van der Waals surface area contributed by atoms with Crippen molar-refractivity contribution in [2.75, 3.05) is 4.72 Å². The van der Waals surface area contributed by atoms with Gasteiger partial charge in [-0.1, -0.05) is 22.0 Å². The van der Waals surface area contributed by atoms with Gasteiger partial charge in [-0.2, -0.15) is 13.2 Å². The van der Waals surface area contributed by atoms with Crippen LogP contribution >= 0.6 is 31.9 Å². The molecule has 2 rings (SSSR count). The molecule has 0 aliphatic carbocycles. The van der Waals surface area contributed by atoms with Crippen LogP contribution in [-0.4, -0.2) is 8.42 Å². The lowest BCUT2D eigenvalue weighted by atomic mass is 10.2. The molecular formula is C13H8Br2F3NO2S. The molecule has 0 amide bonds. The molecule has 0 aromatic heterocycles. The zero-order chi connectivity index (χ0) is 16.5. The second-order valence-corrected chi connectivity index (χ2v) is 7.71. The van der Waals surface area contributed by atoms with E-state index in [9.17, 15) is 21.6 Å². The Morgan fingerprint density at radius 2 is 1.68 bits per heavy atom. The largest absolute Gasteiger partial charge is 0.416 e. The van der Waals surface area contributed by atoms with Gasteiger partial charge in [0.1, 0.15) is 0 Å². The van der Waals surface area contributed by atoms with Crippen molar-refractivity contribution in [3.8, 4) is 0 Å². The van der Waals surface area contributed by atoms with Crippen LogP contribution in [0.25, 0.3) is 0 Å². The molecule has 118 valence electrons. The Balaban J connectivity index is 2.42. The maximum Gasteiger partial charge on any atom is 0.416 e. The second kappa shape index (κ2) is 6.21. The van der Waals surface area contributed by atoms with Crippen molar-refractivity contribution in [2.24, 2.45) is 0 Å². The van der Waals surface area contributed by atoms with Crippen molar-refractivity contribution in [1.82, 2.24) is 0 Å². The zero-order valence-corrected chi connectivity index (χ0v) is 14.6. The molecule has 2 aromatic rings. The molecule has 0 spiro atoms. The third-order valence-corrected chi connectivity index (χ3v) is 5.19. The van der Waals surface area contributed by atoms with Gasteiger partial charge in [0.25, 0.3) is 10.0 Å². The number of anilines is 1. The number of rotatable bonds is 3. The summed E-state index contributed by atoms with van der Waals surface area (Å²) in [7, 11) is -4.00.